The fourth-order valence-electron chi connectivity index (χ4n) is 1.70. The molecule has 1 amide bonds. The first-order valence-corrected chi connectivity index (χ1v) is 4.98. The topological polar surface area (TPSA) is 51.0 Å². The van der Waals surface area contributed by atoms with Gasteiger partial charge in [0, 0.05) is 19.3 Å². The van der Waals surface area contributed by atoms with Crippen LogP contribution in [0.2, 0.25) is 0 Å². The summed E-state index contributed by atoms with van der Waals surface area (Å²) in [5.41, 5.74) is 0. The summed E-state index contributed by atoms with van der Waals surface area (Å²) >= 11 is 0. The molecule has 1 fully saturated rings. The summed E-state index contributed by atoms with van der Waals surface area (Å²) in [6, 6.07) is 0. The molecule has 5 heteroatoms. The molecule has 0 aliphatic carbocycles. The van der Waals surface area contributed by atoms with Crippen LogP contribution in [0.3, 0.4) is 0 Å². The van der Waals surface area contributed by atoms with E-state index in [2.05, 4.69) is 10.3 Å². The van der Waals surface area contributed by atoms with Crippen LogP contribution in [0.5, 0.6) is 0 Å². The average molecular weight is 194 g/mol. The minimum Gasteiger partial charge on any atom is -0.341 e. The van der Waals surface area contributed by atoms with E-state index in [4.69, 9.17) is 0 Å². The molecule has 1 saturated heterocycles. The van der Waals surface area contributed by atoms with E-state index in [1.807, 2.05) is 4.90 Å². The minimum absolute atomic E-state index is 0.148. The van der Waals surface area contributed by atoms with Crippen LogP contribution >= 0.6 is 0 Å². The Morgan fingerprint density at radius 1 is 1.29 bits per heavy atom. The average Bonchev–Trinajstić information content (AvgIpc) is 2.72. The van der Waals surface area contributed by atoms with Crippen molar-refractivity contribution in [1.29, 1.82) is 0 Å². The van der Waals surface area contributed by atoms with Gasteiger partial charge in [0.15, 0.2) is 0 Å². The summed E-state index contributed by atoms with van der Waals surface area (Å²) in [4.78, 5) is 13.6. The number of hydrogen-bond acceptors (Lipinski definition) is 3. The summed E-state index contributed by atoms with van der Waals surface area (Å²) in [5, 5.41) is 7.43. The van der Waals surface area contributed by atoms with E-state index in [1.165, 1.54) is 6.42 Å². The van der Waals surface area contributed by atoms with E-state index >= 15 is 0 Å². The first-order chi connectivity index (χ1) is 6.86. The Kier molecular flexibility index (Phi) is 2.76. The maximum Gasteiger partial charge on any atom is 0.244 e. The first kappa shape index (κ1) is 9.18. The lowest BCUT2D eigenvalue weighted by Crippen LogP contribution is -2.37. The fourth-order valence-corrected chi connectivity index (χ4v) is 1.70. The van der Waals surface area contributed by atoms with Gasteiger partial charge in [0.1, 0.15) is 6.54 Å². The Morgan fingerprint density at radius 3 is 2.71 bits per heavy atom. The lowest BCUT2D eigenvalue weighted by Gasteiger charge is -2.26. The van der Waals surface area contributed by atoms with Crippen LogP contribution in [0.4, 0.5) is 0 Å². The number of piperidine rings is 1. The molecule has 0 unspecified atom stereocenters. The number of carbonyl (C=O) groups is 1. The maximum absolute atomic E-state index is 11.7. The standard InChI is InChI=1S/C9H14N4O/c14-9(8-13-7-4-10-11-13)12-5-2-1-3-6-12/h4,7H,1-3,5-6,8H2. The van der Waals surface area contributed by atoms with Crippen molar-refractivity contribution in [3.8, 4) is 0 Å². The molecular formula is C9H14N4O. The predicted molar refractivity (Wildman–Crippen MR) is 50.5 cm³/mol. The van der Waals surface area contributed by atoms with Crippen molar-refractivity contribution in [2.45, 2.75) is 25.8 Å². The highest BCUT2D eigenvalue weighted by Crippen LogP contribution is 2.08. The summed E-state index contributed by atoms with van der Waals surface area (Å²) in [6.07, 6.45) is 6.80. The molecule has 2 rings (SSSR count). The maximum atomic E-state index is 11.7. The number of amides is 1. The van der Waals surface area contributed by atoms with E-state index in [-0.39, 0.29) is 5.91 Å². The molecule has 1 aromatic heterocycles. The highest BCUT2D eigenvalue weighted by Gasteiger charge is 2.16. The van der Waals surface area contributed by atoms with Gasteiger partial charge in [-0.1, -0.05) is 5.21 Å². The molecule has 0 spiro atoms. The van der Waals surface area contributed by atoms with Crippen LogP contribution in [-0.2, 0) is 11.3 Å². The van der Waals surface area contributed by atoms with Gasteiger partial charge in [-0.05, 0) is 19.3 Å². The molecule has 14 heavy (non-hydrogen) atoms. The lowest BCUT2D eigenvalue weighted by molar-refractivity contribution is -0.132. The summed E-state index contributed by atoms with van der Waals surface area (Å²) in [7, 11) is 0. The largest absolute Gasteiger partial charge is 0.341 e. The van der Waals surface area contributed by atoms with Gasteiger partial charge in [0.05, 0.1) is 6.20 Å². The zero-order chi connectivity index (χ0) is 9.80. The molecule has 0 atom stereocenters. The molecule has 76 valence electrons. The Bertz CT molecular complexity index is 290. The molecule has 2 heterocycles. The van der Waals surface area contributed by atoms with Gasteiger partial charge in [0.2, 0.25) is 5.91 Å². The zero-order valence-electron chi connectivity index (χ0n) is 8.09. The van der Waals surface area contributed by atoms with Crippen LogP contribution in [-0.4, -0.2) is 38.9 Å². The summed E-state index contributed by atoms with van der Waals surface area (Å²) in [5.74, 6) is 0.148. The molecule has 0 saturated carbocycles. The second-order valence-corrected chi connectivity index (χ2v) is 3.54. The van der Waals surface area contributed by atoms with Gasteiger partial charge in [-0.15, -0.1) is 5.10 Å². The highest BCUT2D eigenvalue weighted by atomic mass is 16.2. The summed E-state index contributed by atoms with van der Waals surface area (Å²) < 4.78 is 1.57. The molecule has 0 bridgehead atoms. The second-order valence-electron chi connectivity index (χ2n) is 3.54. The third-order valence-electron chi connectivity index (χ3n) is 2.48. The van der Waals surface area contributed by atoms with Crippen LogP contribution in [0, 0.1) is 0 Å². The van der Waals surface area contributed by atoms with E-state index in [0.29, 0.717) is 6.54 Å². The molecule has 5 nitrogen and oxygen atoms in total. The zero-order valence-corrected chi connectivity index (χ0v) is 8.09. The molecule has 0 N–H and O–H groups in total. The molecule has 0 aromatic carbocycles. The van der Waals surface area contributed by atoms with Crippen molar-refractivity contribution in [2.75, 3.05) is 13.1 Å². The quantitative estimate of drug-likeness (QED) is 0.680. The number of likely N-dealkylation sites (tertiary alicyclic amines) is 1. The van der Waals surface area contributed by atoms with Crippen molar-refractivity contribution in [2.24, 2.45) is 0 Å². The Balaban J connectivity index is 1.88. The number of hydrogen-bond donors (Lipinski definition) is 0. The predicted octanol–water partition coefficient (Wildman–Crippen LogP) is 0.291. The van der Waals surface area contributed by atoms with Crippen LogP contribution < -0.4 is 0 Å². The number of nitrogens with zero attached hydrogens (tertiary/aromatic N) is 4. The van der Waals surface area contributed by atoms with E-state index in [9.17, 15) is 4.79 Å². The molecular weight excluding hydrogens is 180 g/mol. The van der Waals surface area contributed by atoms with Gasteiger partial charge in [-0.2, -0.15) is 0 Å². The van der Waals surface area contributed by atoms with Crippen LogP contribution in [0.15, 0.2) is 12.4 Å². The lowest BCUT2D eigenvalue weighted by atomic mass is 10.1. The van der Waals surface area contributed by atoms with Gasteiger partial charge in [0.25, 0.3) is 0 Å². The van der Waals surface area contributed by atoms with E-state index in [0.717, 1.165) is 25.9 Å². The normalized spacial score (nSPS) is 17.0. The molecule has 1 aliphatic heterocycles. The first-order valence-electron chi connectivity index (χ1n) is 4.98. The van der Waals surface area contributed by atoms with Crippen molar-refractivity contribution in [3.05, 3.63) is 12.4 Å². The Labute approximate surface area is 82.7 Å². The Hall–Kier alpha value is -1.39. The third-order valence-corrected chi connectivity index (χ3v) is 2.48. The van der Waals surface area contributed by atoms with Crippen LogP contribution in [0.25, 0.3) is 0 Å². The minimum atomic E-state index is 0.148. The van der Waals surface area contributed by atoms with Crippen molar-refractivity contribution in [3.63, 3.8) is 0 Å². The SMILES string of the molecule is O=C(Cn1ccnn1)N1CCCCC1. The van der Waals surface area contributed by atoms with Gasteiger partial charge in [-0.25, -0.2) is 4.68 Å². The molecule has 0 radical (unpaired) electrons. The van der Waals surface area contributed by atoms with Gasteiger partial charge in [-0.3, -0.25) is 4.79 Å². The number of rotatable bonds is 2. The van der Waals surface area contributed by atoms with Crippen molar-refractivity contribution in [1.82, 2.24) is 19.9 Å². The van der Waals surface area contributed by atoms with Crippen molar-refractivity contribution < 1.29 is 4.79 Å². The summed E-state index contributed by atoms with van der Waals surface area (Å²) in [6.45, 7) is 2.11. The monoisotopic (exact) mass is 194 g/mol. The van der Waals surface area contributed by atoms with Gasteiger partial charge >= 0.3 is 0 Å². The van der Waals surface area contributed by atoms with E-state index < -0.39 is 0 Å². The number of carbonyl (C=O) groups excluding carboxylic acids is 1. The smallest absolute Gasteiger partial charge is 0.244 e. The van der Waals surface area contributed by atoms with Crippen LogP contribution in [0.1, 0.15) is 19.3 Å². The van der Waals surface area contributed by atoms with E-state index in [1.54, 1.807) is 17.1 Å². The number of aromatic nitrogens is 3. The third kappa shape index (κ3) is 2.10. The second kappa shape index (κ2) is 4.21. The molecule has 1 aliphatic rings. The fraction of sp³-hybridized carbons (Fsp3) is 0.667. The highest BCUT2D eigenvalue weighted by molar-refractivity contribution is 5.75. The molecule has 1 aromatic rings. The van der Waals surface area contributed by atoms with Gasteiger partial charge < -0.3 is 4.90 Å². The Morgan fingerprint density at radius 2 is 2.07 bits per heavy atom. The van der Waals surface area contributed by atoms with Crippen molar-refractivity contribution >= 4 is 5.91 Å².